The van der Waals surface area contributed by atoms with Gasteiger partial charge in [0.05, 0.1) is 33.3 Å². The van der Waals surface area contributed by atoms with Crippen LogP contribution in [0.5, 0.6) is 0 Å². The molecule has 12 aromatic rings. The molecule has 92 heavy (non-hydrogen) atoms. The third kappa shape index (κ3) is 18.8. The summed E-state index contributed by atoms with van der Waals surface area (Å²) in [6, 6.07) is 117. The van der Waals surface area contributed by atoms with E-state index in [0.717, 1.165) is 88.7 Å². The minimum atomic E-state index is -3.13. The van der Waals surface area contributed by atoms with Gasteiger partial charge in [0, 0.05) is 26.4 Å². The Morgan fingerprint density at radius 1 is 0.163 bits per heavy atom. The van der Waals surface area contributed by atoms with Crippen LogP contribution in [-0.2, 0) is 44.2 Å². The van der Waals surface area contributed by atoms with Crippen LogP contribution in [0, 0.1) is 0 Å². The molecular formula is C80H76Cr2O6Si4. The number of hydrogen-bond acceptors (Lipinski definition) is 6. The van der Waals surface area contributed by atoms with Crippen molar-refractivity contribution in [1.82, 2.24) is 0 Å². The predicted octanol–water partition coefficient (Wildman–Crippen LogP) is 5.64. The first kappa shape index (κ1) is 71.8. The summed E-state index contributed by atoms with van der Waals surface area (Å²) in [6.07, 6.45) is 5.11. The summed E-state index contributed by atoms with van der Waals surface area (Å²) in [4.78, 5) is 55.4. The van der Waals surface area contributed by atoms with Gasteiger partial charge in [0.1, 0.15) is 0 Å². The van der Waals surface area contributed by atoms with Gasteiger partial charge in [-0.2, -0.15) is 0 Å². The molecule has 0 amide bonds. The maximum Gasteiger partial charge on any atom is 2.00 e. The molecule has 0 spiro atoms. The molecule has 0 saturated carbocycles. The standard InChI is InChI=1S/4C18H15OSi.2C4H8O.2Cr/c4*19-20(16-10-4-1-5-11-16,17-12-6-2-7-13-17)18-14-8-3-9-15-18;2*1-2-4-5-3-1;;/h4*1-15H;2*1-4H2;;/q4*-1;;;2*+2. The molecule has 0 unspecified atom stereocenters. The molecule has 6 nitrogen and oxygen atoms in total. The molecule has 2 aliphatic rings. The third-order valence-corrected chi connectivity index (χ3v) is 29.6. The topological polar surface area (TPSA) is 111 Å². The van der Waals surface area contributed by atoms with Crippen LogP contribution in [0.25, 0.3) is 0 Å². The van der Waals surface area contributed by atoms with Gasteiger partial charge in [0.15, 0.2) is 0 Å². The first-order valence-electron chi connectivity index (χ1n) is 30.9. The molecule has 2 aliphatic heterocycles. The molecular weight excluding hydrogens is 1270 g/mol. The van der Waals surface area contributed by atoms with Crippen LogP contribution in [0.4, 0.5) is 0 Å². The monoisotopic (exact) mass is 1350 g/mol. The Kier molecular flexibility index (Phi) is 29.4. The summed E-state index contributed by atoms with van der Waals surface area (Å²) in [5.74, 6) is 0. The molecule has 14 rings (SSSR count). The number of benzene rings is 12. The van der Waals surface area contributed by atoms with Crippen molar-refractivity contribution in [1.29, 1.82) is 0 Å². The second kappa shape index (κ2) is 37.7. The average molecular weight is 1350 g/mol. The van der Waals surface area contributed by atoms with Gasteiger partial charge in [-0.1, -0.05) is 426 Å². The fourth-order valence-corrected chi connectivity index (χ4v) is 23.0. The largest absolute Gasteiger partial charge is 2.00 e. The van der Waals surface area contributed by atoms with E-state index < -0.39 is 33.3 Å². The van der Waals surface area contributed by atoms with E-state index >= 15 is 0 Å². The Balaban J connectivity index is 0.000000164. The van der Waals surface area contributed by atoms with Crippen LogP contribution in [0.15, 0.2) is 364 Å². The van der Waals surface area contributed by atoms with E-state index in [2.05, 4.69) is 0 Å². The van der Waals surface area contributed by atoms with Crippen molar-refractivity contribution >= 4 is 95.5 Å². The molecule has 2 heterocycles. The number of rotatable bonds is 12. The fraction of sp³-hybridized carbons (Fsp3) is 0.100. The van der Waals surface area contributed by atoms with Crippen molar-refractivity contribution in [2.75, 3.05) is 26.4 Å². The van der Waals surface area contributed by atoms with Gasteiger partial charge in [0.25, 0.3) is 0 Å². The van der Waals surface area contributed by atoms with Gasteiger partial charge < -0.3 is 28.7 Å². The molecule has 0 atom stereocenters. The van der Waals surface area contributed by atoms with E-state index in [1.54, 1.807) is 0 Å². The molecule has 12 aromatic carbocycles. The number of ether oxygens (including phenoxy) is 2. The van der Waals surface area contributed by atoms with E-state index in [0.29, 0.717) is 0 Å². The molecule has 2 saturated heterocycles. The fourth-order valence-electron chi connectivity index (χ4n) is 11.1. The van der Waals surface area contributed by atoms with Gasteiger partial charge in [-0.3, -0.25) is 0 Å². The maximum atomic E-state index is 13.8. The maximum absolute atomic E-state index is 13.8. The molecule has 12 heteroatoms. The molecule has 2 fully saturated rings. The Bertz CT molecular complexity index is 2950. The van der Waals surface area contributed by atoms with Crippen molar-refractivity contribution in [3.8, 4) is 0 Å². The van der Waals surface area contributed by atoms with Crippen LogP contribution in [0.2, 0.25) is 0 Å². The first-order chi connectivity index (χ1) is 44.3. The summed E-state index contributed by atoms with van der Waals surface area (Å²) >= 11 is 0. The molecule has 0 aliphatic carbocycles. The zero-order chi connectivity index (χ0) is 62.4. The van der Waals surface area contributed by atoms with E-state index in [1.165, 1.54) is 25.7 Å². The van der Waals surface area contributed by atoms with Crippen molar-refractivity contribution in [2.24, 2.45) is 0 Å². The minimum absolute atomic E-state index is 0. The van der Waals surface area contributed by atoms with Gasteiger partial charge in [-0.15, -0.1) is 0 Å². The quantitative estimate of drug-likeness (QED) is 0.116. The smallest absolute Gasteiger partial charge is 0.848 e. The Morgan fingerprint density at radius 3 is 0.315 bits per heavy atom. The Morgan fingerprint density at radius 2 is 0.250 bits per heavy atom. The number of hydrogen-bond donors (Lipinski definition) is 0. The Labute approximate surface area is 570 Å². The zero-order valence-corrected chi connectivity index (χ0v) is 58.1. The van der Waals surface area contributed by atoms with Crippen molar-refractivity contribution in [3.63, 3.8) is 0 Å². The van der Waals surface area contributed by atoms with Crippen LogP contribution in [0.1, 0.15) is 25.7 Å². The van der Waals surface area contributed by atoms with Crippen LogP contribution >= 0.6 is 0 Å². The molecule has 0 N–H and O–H groups in total. The van der Waals surface area contributed by atoms with E-state index in [9.17, 15) is 19.2 Å². The van der Waals surface area contributed by atoms with E-state index in [-0.39, 0.29) is 34.7 Å². The Hall–Kier alpha value is -7.67. The summed E-state index contributed by atoms with van der Waals surface area (Å²) in [5, 5.41) is 10.8. The van der Waals surface area contributed by atoms with E-state index in [4.69, 9.17) is 9.47 Å². The zero-order valence-electron chi connectivity index (χ0n) is 51.6. The normalized spacial score (nSPS) is 12.4. The SMILES string of the molecule is C1CCOC1.C1CCOC1.[Cr+2].[Cr+2].[O-][Si](c1ccccc1)(c1ccccc1)c1ccccc1.[O-][Si](c1ccccc1)(c1ccccc1)c1ccccc1.[O-][Si](c1ccccc1)(c1ccccc1)c1ccccc1.[O-][Si](c1ccccc1)(c1ccccc1)c1ccccc1. The van der Waals surface area contributed by atoms with Crippen molar-refractivity contribution in [3.05, 3.63) is 364 Å². The summed E-state index contributed by atoms with van der Waals surface area (Å²) < 4.78 is 9.89. The van der Waals surface area contributed by atoms with E-state index in [1.807, 2.05) is 364 Å². The van der Waals surface area contributed by atoms with Gasteiger partial charge in [-0.25, -0.2) is 0 Å². The molecule has 0 aromatic heterocycles. The summed E-state index contributed by atoms with van der Waals surface area (Å²) in [7, 11) is -12.5. The van der Waals surface area contributed by atoms with Crippen LogP contribution < -0.4 is 81.4 Å². The molecule has 460 valence electrons. The molecule has 0 bridgehead atoms. The molecule has 0 radical (unpaired) electrons. The summed E-state index contributed by atoms with van der Waals surface area (Å²) in [5.41, 5.74) is 0. The van der Waals surface area contributed by atoms with Crippen molar-refractivity contribution < 1.29 is 63.4 Å². The van der Waals surface area contributed by atoms with Gasteiger partial charge in [0.2, 0.25) is 0 Å². The van der Waals surface area contributed by atoms with Gasteiger partial charge >= 0.3 is 34.7 Å². The van der Waals surface area contributed by atoms with Crippen LogP contribution in [-0.4, -0.2) is 59.7 Å². The third-order valence-electron chi connectivity index (χ3n) is 15.8. The summed E-state index contributed by atoms with van der Waals surface area (Å²) in [6.45, 7) is 4.00. The second-order valence-corrected chi connectivity index (χ2v) is 34.1. The van der Waals surface area contributed by atoms with Crippen LogP contribution in [0.3, 0.4) is 0 Å². The average Bonchev–Trinajstić information content (AvgIpc) is 0.844. The van der Waals surface area contributed by atoms with Gasteiger partial charge in [-0.05, 0) is 25.7 Å². The predicted molar refractivity (Wildman–Crippen MR) is 376 cm³/mol. The second-order valence-electron chi connectivity index (χ2n) is 21.8. The first-order valence-corrected chi connectivity index (χ1v) is 38.5. The van der Waals surface area contributed by atoms with Crippen molar-refractivity contribution in [2.45, 2.75) is 25.7 Å². The minimum Gasteiger partial charge on any atom is -0.848 e.